The highest BCUT2D eigenvalue weighted by atomic mass is 16.1. The topological polar surface area (TPSA) is 29.1 Å². The average molecular weight is 301 g/mol. The average Bonchev–Trinajstić information content (AvgIpc) is 3.42. The first-order valence-corrected chi connectivity index (χ1v) is 7.73. The lowest BCUT2D eigenvalue weighted by Gasteiger charge is -2.07. The first-order valence-electron chi connectivity index (χ1n) is 7.73. The van der Waals surface area contributed by atoms with Gasteiger partial charge in [0.05, 0.1) is 0 Å². The Labute approximate surface area is 136 Å². The van der Waals surface area contributed by atoms with Crippen molar-refractivity contribution in [1.29, 1.82) is 0 Å². The molecule has 0 spiro atoms. The van der Waals surface area contributed by atoms with Gasteiger partial charge in [-0.05, 0) is 29.7 Å². The lowest BCUT2D eigenvalue weighted by atomic mass is 10.0. The van der Waals surface area contributed by atoms with Crippen LogP contribution >= 0.6 is 0 Å². The van der Waals surface area contributed by atoms with Gasteiger partial charge in [-0.1, -0.05) is 66.7 Å². The third kappa shape index (κ3) is 3.67. The maximum absolute atomic E-state index is 12.2. The molecule has 0 bridgehead atoms. The molecule has 2 nitrogen and oxygen atoms in total. The van der Waals surface area contributed by atoms with Crippen LogP contribution in [-0.4, -0.2) is 12.8 Å². The van der Waals surface area contributed by atoms with Gasteiger partial charge in [-0.2, -0.15) is 0 Å². The van der Waals surface area contributed by atoms with E-state index >= 15 is 0 Å². The lowest BCUT2D eigenvalue weighted by Crippen LogP contribution is -2.04. The number of nitrogens with one attached hydrogen (secondary N) is 1. The SMILES string of the molecule is CNc1ccccc1C(=O)c1ccccc1.c1ccc2c(c1)C2. The lowest BCUT2D eigenvalue weighted by molar-refractivity contribution is 0.103. The van der Waals surface area contributed by atoms with E-state index in [-0.39, 0.29) is 5.78 Å². The van der Waals surface area contributed by atoms with Crippen molar-refractivity contribution in [3.63, 3.8) is 0 Å². The highest BCUT2D eigenvalue weighted by molar-refractivity contribution is 6.12. The smallest absolute Gasteiger partial charge is 0.195 e. The summed E-state index contributed by atoms with van der Waals surface area (Å²) in [6.45, 7) is 0. The van der Waals surface area contributed by atoms with Gasteiger partial charge in [0.1, 0.15) is 0 Å². The van der Waals surface area contributed by atoms with Crippen molar-refractivity contribution >= 4 is 11.5 Å². The molecule has 0 amide bonds. The predicted octanol–water partition coefficient (Wildman–Crippen LogP) is 4.55. The summed E-state index contributed by atoms with van der Waals surface area (Å²) in [6, 6.07) is 25.3. The minimum Gasteiger partial charge on any atom is -0.388 e. The molecule has 1 aliphatic carbocycles. The van der Waals surface area contributed by atoms with Gasteiger partial charge in [-0.15, -0.1) is 0 Å². The van der Waals surface area contributed by atoms with Crippen molar-refractivity contribution in [3.8, 4) is 0 Å². The zero-order chi connectivity index (χ0) is 16.1. The summed E-state index contributed by atoms with van der Waals surface area (Å²) in [5.41, 5.74) is 5.34. The molecule has 0 fully saturated rings. The van der Waals surface area contributed by atoms with E-state index in [0.29, 0.717) is 11.1 Å². The summed E-state index contributed by atoms with van der Waals surface area (Å²) in [5, 5.41) is 3.03. The summed E-state index contributed by atoms with van der Waals surface area (Å²) in [6.07, 6.45) is 1.24. The van der Waals surface area contributed by atoms with Crippen LogP contribution in [0.4, 0.5) is 5.69 Å². The number of carbonyl (C=O) groups excluding carboxylic acids is 1. The number of hydrogen-bond acceptors (Lipinski definition) is 2. The van der Waals surface area contributed by atoms with Crippen molar-refractivity contribution < 1.29 is 4.79 Å². The van der Waals surface area contributed by atoms with Crippen LogP contribution in [0, 0.1) is 0 Å². The fourth-order valence-electron chi connectivity index (χ4n) is 2.48. The highest BCUT2D eigenvalue weighted by Crippen LogP contribution is 2.25. The molecule has 0 radical (unpaired) electrons. The molecule has 0 unspecified atom stereocenters. The predicted molar refractivity (Wildman–Crippen MR) is 95.1 cm³/mol. The number of anilines is 1. The summed E-state index contributed by atoms with van der Waals surface area (Å²) < 4.78 is 0. The highest BCUT2D eigenvalue weighted by Gasteiger charge is 2.12. The summed E-state index contributed by atoms with van der Waals surface area (Å²) in [7, 11) is 1.82. The summed E-state index contributed by atoms with van der Waals surface area (Å²) in [4.78, 5) is 12.2. The van der Waals surface area contributed by atoms with Gasteiger partial charge in [0.25, 0.3) is 0 Å². The van der Waals surface area contributed by atoms with Gasteiger partial charge >= 0.3 is 0 Å². The Morgan fingerprint density at radius 2 is 1.35 bits per heavy atom. The number of carbonyl (C=O) groups is 1. The van der Waals surface area contributed by atoms with Gasteiger partial charge in [0.15, 0.2) is 5.78 Å². The van der Waals surface area contributed by atoms with Gasteiger partial charge in [0, 0.05) is 23.9 Å². The summed E-state index contributed by atoms with van der Waals surface area (Å²) >= 11 is 0. The molecular weight excluding hydrogens is 282 g/mol. The molecule has 3 aromatic rings. The Bertz CT molecular complexity index is 788. The molecule has 0 aliphatic heterocycles. The molecule has 23 heavy (non-hydrogen) atoms. The van der Waals surface area contributed by atoms with Crippen LogP contribution in [-0.2, 0) is 6.42 Å². The molecule has 1 N–H and O–H groups in total. The molecular formula is C21H19NO. The number of rotatable bonds is 3. The second-order valence-corrected chi connectivity index (χ2v) is 5.44. The second kappa shape index (κ2) is 6.93. The number of hydrogen-bond donors (Lipinski definition) is 1. The maximum Gasteiger partial charge on any atom is 0.195 e. The third-order valence-electron chi connectivity index (χ3n) is 3.85. The zero-order valence-electron chi connectivity index (χ0n) is 13.1. The maximum atomic E-state index is 12.2. The Balaban J connectivity index is 0.000000183. The minimum absolute atomic E-state index is 0.0468. The van der Waals surface area contributed by atoms with Crippen molar-refractivity contribution in [1.82, 2.24) is 0 Å². The van der Waals surface area contributed by atoms with E-state index in [9.17, 15) is 4.79 Å². The number of ketones is 1. The van der Waals surface area contributed by atoms with E-state index in [1.165, 1.54) is 17.5 Å². The van der Waals surface area contributed by atoms with Crippen LogP contribution in [0.25, 0.3) is 0 Å². The monoisotopic (exact) mass is 301 g/mol. The first-order chi connectivity index (χ1) is 11.3. The third-order valence-corrected chi connectivity index (χ3v) is 3.85. The van der Waals surface area contributed by atoms with Gasteiger partial charge in [-0.25, -0.2) is 0 Å². The fraction of sp³-hybridized carbons (Fsp3) is 0.0952. The van der Waals surface area contributed by atoms with Gasteiger partial charge in [0.2, 0.25) is 0 Å². The Hall–Kier alpha value is -2.87. The van der Waals surface area contributed by atoms with Crippen LogP contribution in [0.3, 0.4) is 0 Å². The standard InChI is InChI=1S/C14H13NO.C7H6/c1-15-13-10-6-5-9-12(13)14(16)11-7-3-2-4-8-11;1-2-4-7-5-6(7)3-1/h2-10,15H,1H3;1-4H,5H2. The molecule has 3 aromatic carbocycles. The molecule has 0 saturated heterocycles. The summed E-state index contributed by atoms with van der Waals surface area (Å²) in [5.74, 6) is 0.0468. The van der Waals surface area contributed by atoms with Crippen molar-refractivity contribution in [2.24, 2.45) is 0 Å². The molecule has 114 valence electrons. The molecule has 4 rings (SSSR count). The molecule has 0 heterocycles. The van der Waals surface area contributed by atoms with E-state index < -0.39 is 0 Å². The molecule has 0 aromatic heterocycles. The van der Waals surface area contributed by atoms with Crippen molar-refractivity contribution in [2.75, 3.05) is 12.4 Å². The number of benzene rings is 3. The first kappa shape index (κ1) is 15.0. The van der Waals surface area contributed by atoms with Crippen LogP contribution in [0.2, 0.25) is 0 Å². The normalized spacial score (nSPS) is 10.8. The van der Waals surface area contributed by atoms with E-state index in [1.54, 1.807) is 0 Å². The number of fused-ring (bicyclic) bond motifs is 1. The van der Waals surface area contributed by atoms with Gasteiger partial charge < -0.3 is 5.32 Å². The van der Waals surface area contributed by atoms with E-state index in [4.69, 9.17) is 0 Å². The van der Waals surface area contributed by atoms with Crippen LogP contribution in [0.15, 0.2) is 78.9 Å². The molecule has 0 atom stereocenters. The largest absolute Gasteiger partial charge is 0.388 e. The zero-order valence-corrected chi connectivity index (χ0v) is 13.1. The van der Waals surface area contributed by atoms with E-state index in [2.05, 4.69) is 29.6 Å². The Morgan fingerprint density at radius 1 is 0.783 bits per heavy atom. The van der Waals surface area contributed by atoms with Crippen LogP contribution in [0.1, 0.15) is 27.0 Å². The van der Waals surface area contributed by atoms with E-state index in [1.807, 2.05) is 61.6 Å². The Morgan fingerprint density at radius 3 is 1.96 bits per heavy atom. The molecule has 1 aliphatic rings. The number of para-hydroxylation sites is 1. The van der Waals surface area contributed by atoms with Crippen LogP contribution < -0.4 is 5.32 Å². The minimum atomic E-state index is 0.0468. The molecule has 2 heteroatoms. The van der Waals surface area contributed by atoms with Crippen LogP contribution in [0.5, 0.6) is 0 Å². The fourth-order valence-corrected chi connectivity index (χ4v) is 2.48. The quantitative estimate of drug-likeness (QED) is 0.562. The molecule has 0 saturated carbocycles. The van der Waals surface area contributed by atoms with Crippen molar-refractivity contribution in [3.05, 3.63) is 101 Å². The van der Waals surface area contributed by atoms with Gasteiger partial charge in [-0.3, -0.25) is 4.79 Å². The second-order valence-electron chi connectivity index (χ2n) is 5.44. The van der Waals surface area contributed by atoms with E-state index in [0.717, 1.165) is 5.69 Å². The Kier molecular flexibility index (Phi) is 4.53. The van der Waals surface area contributed by atoms with Crippen molar-refractivity contribution in [2.45, 2.75) is 6.42 Å².